The average molecular weight is 389 g/mol. The Morgan fingerprint density at radius 1 is 1.07 bits per heavy atom. The molecule has 7 nitrogen and oxygen atoms in total. The van der Waals surface area contributed by atoms with E-state index in [4.69, 9.17) is 4.74 Å². The molecule has 0 fully saturated rings. The van der Waals surface area contributed by atoms with Crippen molar-refractivity contribution >= 4 is 29.1 Å². The lowest BCUT2D eigenvalue weighted by Gasteiger charge is -2.16. The maximum absolute atomic E-state index is 12.1. The first-order chi connectivity index (χ1) is 13.0. The Morgan fingerprint density at radius 3 is 2.41 bits per heavy atom. The fraction of sp³-hybridized carbons (Fsp3) is 0.316. The summed E-state index contributed by atoms with van der Waals surface area (Å²) in [5.74, 6) is -0.0524. The second-order valence-corrected chi connectivity index (χ2v) is 6.85. The van der Waals surface area contributed by atoms with Crippen LogP contribution < -0.4 is 20.7 Å². The van der Waals surface area contributed by atoms with Gasteiger partial charge in [0.15, 0.2) is 0 Å². The Hall–Kier alpha value is -2.87. The Morgan fingerprint density at radius 2 is 1.81 bits per heavy atom. The Kier molecular flexibility index (Phi) is 7.81. The van der Waals surface area contributed by atoms with Gasteiger partial charge in [-0.3, -0.25) is 14.4 Å². The summed E-state index contributed by atoms with van der Waals surface area (Å²) in [6.07, 6.45) is 0.0753. The fourth-order valence-electron chi connectivity index (χ4n) is 2.40. The Balaban J connectivity index is 1.76. The molecule has 0 saturated heterocycles. The molecule has 0 saturated carbocycles. The van der Waals surface area contributed by atoms with Crippen LogP contribution in [0.15, 0.2) is 41.8 Å². The smallest absolute Gasteiger partial charge is 0.239 e. The van der Waals surface area contributed by atoms with Gasteiger partial charge in [-0.25, -0.2) is 0 Å². The first kappa shape index (κ1) is 20.4. The number of rotatable bonds is 9. The van der Waals surface area contributed by atoms with Gasteiger partial charge in [-0.05, 0) is 29.1 Å². The minimum atomic E-state index is -0.398. The molecule has 8 heteroatoms. The molecule has 0 bridgehead atoms. The third-order valence-corrected chi connectivity index (χ3v) is 4.73. The summed E-state index contributed by atoms with van der Waals surface area (Å²) in [6.45, 7) is 1.65. The molecule has 2 rings (SSSR count). The molecule has 0 spiro atoms. The minimum Gasteiger partial charge on any atom is -0.497 e. The first-order valence-electron chi connectivity index (χ1n) is 8.44. The summed E-state index contributed by atoms with van der Waals surface area (Å²) >= 11 is 1.46. The number of ether oxygens (including phenoxy) is 1. The number of carbonyl (C=O) groups is 3. The number of nitrogens with one attached hydrogen (secondary N) is 3. The molecule has 1 aromatic carbocycles. The van der Waals surface area contributed by atoms with E-state index in [0.717, 1.165) is 16.2 Å². The number of hydrogen-bond donors (Lipinski definition) is 3. The first-order valence-corrected chi connectivity index (χ1v) is 9.32. The highest BCUT2D eigenvalue weighted by molar-refractivity contribution is 7.10. The van der Waals surface area contributed by atoms with Crippen LogP contribution in [0.3, 0.4) is 0 Å². The zero-order valence-electron chi connectivity index (χ0n) is 15.3. The van der Waals surface area contributed by atoms with Crippen LogP contribution in [-0.4, -0.2) is 31.4 Å². The van der Waals surface area contributed by atoms with Crippen LogP contribution in [0.1, 0.15) is 29.8 Å². The normalized spacial score (nSPS) is 11.3. The number of methoxy groups -OCH3 is 1. The zero-order chi connectivity index (χ0) is 19.6. The quantitative estimate of drug-likeness (QED) is 0.609. The molecule has 144 valence electrons. The maximum Gasteiger partial charge on any atom is 0.239 e. The topological polar surface area (TPSA) is 96.5 Å². The summed E-state index contributed by atoms with van der Waals surface area (Å²) in [6, 6.07) is 10.7. The van der Waals surface area contributed by atoms with Gasteiger partial charge in [-0.2, -0.15) is 0 Å². The van der Waals surface area contributed by atoms with E-state index < -0.39 is 6.04 Å². The van der Waals surface area contributed by atoms with Crippen LogP contribution in [0, 0.1) is 0 Å². The number of amides is 3. The predicted molar refractivity (Wildman–Crippen MR) is 103 cm³/mol. The summed E-state index contributed by atoms with van der Waals surface area (Å²) < 4.78 is 5.08. The Bertz CT molecular complexity index is 760. The lowest BCUT2D eigenvalue weighted by atomic mass is 10.1. The van der Waals surface area contributed by atoms with E-state index in [1.54, 1.807) is 7.11 Å². The van der Waals surface area contributed by atoms with Crippen LogP contribution in [0.4, 0.5) is 0 Å². The summed E-state index contributed by atoms with van der Waals surface area (Å²) in [5, 5.41) is 9.97. The molecule has 1 unspecified atom stereocenters. The van der Waals surface area contributed by atoms with E-state index >= 15 is 0 Å². The van der Waals surface area contributed by atoms with Crippen molar-refractivity contribution in [2.45, 2.75) is 25.9 Å². The van der Waals surface area contributed by atoms with Crippen molar-refractivity contribution in [1.82, 2.24) is 16.0 Å². The molecule has 1 heterocycles. The highest BCUT2D eigenvalue weighted by Gasteiger charge is 2.18. The number of benzene rings is 1. The molecular weight excluding hydrogens is 366 g/mol. The number of hydrogen-bond acceptors (Lipinski definition) is 5. The van der Waals surface area contributed by atoms with Gasteiger partial charge in [-0.1, -0.05) is 18.2 Å². The van der Waals surface area contributed by atoms with Gasteiger partial charge in [0, 0.05) is 18.3 Å². The van der Waals surface area contributed by atoms with Gasteiger partial charge < -0.3 is 20.7 Å². The van der Waals surface area contributed by atoms with Gasteiger partial charge in [0.25, 0.3) is 0 Å². The van der Waals surface area contributed by atoms with E-state index in [1.165, 1.54) is 18.3 Å². The SMILES string of the molecule is COc1ccc(CNC(=O)CNC(=O)CC(NC(C)=O)c2cccs2)cc1. The zero-order valence-corrected chi connectivity index (χ0v) is 16.1. The van der Waals surface area contributed by atoms with Gasteiger partial charge in [0.1, 0.15) is 5.75 Å². The lowest BCUT2D eigenvalue weighted by Crippen LogP contribution is -2.38. The summed E-state index contributed by atoms with van der Waals surface area (Å²) in [5.41, 5.74) is 0.930. The van der Waals surface area contributed by atoms with E-state index in [0.29, 0.717) is 6.54 Å². The molecule has 27 heavy (non-hydrogen) atoms. The van der Waals surface area contributed by atoms with Crippen LogP contribution >= 0.6 is 11.3 Å². The van der Waals surface area contributed by atoms with Gasteiger partial charge in [0.2, 0.25) is 17.7 Å². The van der Waals surface area contributed by atoms with Crippen molar-refractivity contribution in [2.24, 2.45) is 0 Å². The second kappa shape index (κ2) is 10.3. The van der Waals surface area contributed by atoms with E-state index in [-0.39, 0.29) is 30.7 Å². The number of thiophene rings is 1. The second-order valence-electron chi connectivity index (χ2n) is 5.87. The highest BCUT2D eigenvalue weighted by Crippen LogP contribution is 2.21. The molecular formula is C19H23N3O4S. The molecule has 0 aliphatic heterocycles. The highest BCUT2D eigenvalue weighted by atomic mass is 32.1. The Labute approximate surface area is 162 Å². The van der Waals surface area contributed by atoms with Crippen molar-refractivity contribution in [1.29, 1.82) is 0 Å². The van der Waals surface area contributed by atoms with Gasteiger partial charge >= 0.3 is 0 Å². The van der Waals surface area contributed by atoms with Crippen LogP contribution in [0.5, 0.6) is 5.75 Å². The minimum absolute atomic E-state index is 0.0753. The van der Waals surface area contributed by atoms with Crippen molar-refractivity contribution in [3.8, 4) is 5.75 Å². The molecule has 3 amide bonds. The lowest BCUT2D eigenvalue weighted by molar-refractivity contribution is -0.127. The van der Waals surface area contributed by atoms with Crippen LogP contribution in [0.2, 0.25) is 0 Å². The third kappa shape index (κ3) is 7.10. The van der Waals surface area contributed by atoms with Crippen molar-refractivity contribution < 1.29 is 19.1 Å². The molecule has 1 atom stereocenters. The largest absolute Gasteiger partial charge is 0.497 e. The van der Waals surface area contributed by atoms with Crippen molar-refractivity contribution in [2.75, 3.05) is 13.7 Å². The predicted octanol–water partition coefficient (Wildman–Crippen LogP) is 1.76. The third-order valence-electron chi connectivity index (χ3n) is 3.75. The molecule has 0 aliphatic carbocycles. The van der Waals surface area contributed by atoms with E-state index in [2.05, 4.69) is 16.0 Å². The van der Waals surface area contributed by atoms with E-state index in [9.17, 15) is 14.4 Å². The van der Waals surface area contributed by atoms with E-state index in [1.807, 2.05) is 41.8 Å². The molecule has 3 N–H and O–H groups in total. The summed E-state index contributed by atoms with van der Waals surface area (Å²) in [4.78, 5) is 36.3. The van der Waals surface area contributed by atoms with Crippen LogP contribution in [-0.2, 0) is 20.9 Å². The van der Waals surface area contributed by atoms with Crippen molar-refractivity contribution in [3.05, 3.63) is 52.2 Å². The fourth-order valence-corrected chi connectivity index (χ4v) is 3.18. The van der Waals surface area contributed by atoms with Crippen molar-refractivity contribution in [3.63, 3.8) is 0 Å². The molecule has 0 radical (unpaired) electrons. The molecule has 1 aromatic heterocycles. The average Bonchev–Trinajstić information content (AvgIpc) is 3.19. The van der Waals surface area contributed by atoms with Gasteiger partial charge in [-0.15, -0.1) is 11.3 Å². The number of carbonyl (C=O) groups excluding carboxylic acids is 3. The monoisotopic (exact) mass is 389 g/mol. The van der Waals surface area contributed by atoms with Crippen LogP contribution in [0.25, 0.3) is 0 Å². The van der Waals surface area contributed by atoms with Gasteiger partial charge in [0.05, 0.1) is 26.1 Å². The maximum atomic E-state index is 12.1. The molecule has 0 aliphatic rings. The standard InChI is InChI=1S/C19H23N3O4S/c1-13(23)22-16(17-4-3-9-27-17)10-18(24)21-12-19(25)20-11-14-5-7-15(26-2)8-6-14/h3-9,16H,10-12H2,1-2H3,(H,20,25)(H,21,24)(H,22,23). The molecule has 2 aromatic rings. The summed E-state index contributed by atoms with van der Waals surface area (Å²) in [7, 11) is 1.59.